The molecule has 0 aromatic carbocycles. The average Bonchev–Trinajstić information content (AvgIpc) is 2.65. The van der Waals surface area contributed by atoms with Crippen molar-refractivity contribution in [2.24, 2.45) is 0 Å². The van der Waals surface area contributed by atoms with Gasteiger partial charge in [-0.1, -0.05) is 20.8 Å². The number of hydrogen-bond acceptors (Lipinski definition) is 3. The summed E-state index contributed by atoms with van der Waals surface area (Å²) in [4.78, 5) is 22.2. The number of nitrogens with zero attached hydrogens (tertiary/aromatic N) is 1. The van der Waals surface area contributed by atoms with Crippen LogP contribution in [0.25, 0.3) is 0 Å². The maximum atomic E-state index is 11.6. The molecule has 1 rings (SSSR count). The SMILES string of the molecule is C[C@H](NC(=O)c1cc(C(C)(C)C)[nH]n1)C(=O)O. The van der Waals surface area contributed by atoms with Gasteiger partial charge in [0.15, 0.2) is 0 Å². The Morgan fingerprint density at radius 2 is 2.06 bits per heavy atom. The molecule has 1 amide bonds. The van der Waals surface area contributed by atoms with E-state index < -0.39 is 17.9 Å². The van der Waals surface area contributed by atoms with Crippen molar-refractivity contribution in [2.75, 3.05) is 0 Å². The molecule has 0 aliphatic heterocycles. The summed E-state index contributed by atoms with van der Waals surface area (Å²) in [5.41, 5.74) is 0.887. The second-order valence-corrected chi connectivity index (χ2v) is 4.95. The molecule has 1 atom stereocenters. The zero-order valence-corrected chi connectivity index (χ0v) is 10.4. The summed E-state index contributed by atoms with van der Waals surface area (Å²) in [6.07, 6.45) is 0. The number of hydrogen-bond donors (Lipinski definition) is 3. The van der Waals surface area contributed by atoms with E-state index in [2.05, 4.69) is 15.5 Å². The molecule has 1 aromatic rings. The molecule has 6 nitrogen and oxygen atoms in total. The van der Waals surface area contributed by atoms with Gasteiger partial charge in [0.05, 0.1) is 0 Å². The molecular weight excluding hydrogens is 222 g/mol. The Bertz CT molecular complexity index is 431. The Morgan fingerprint density at radius 1 is 1.47 bits per heavy atom. The first-order valence-electron chi connectivity index (χ1n) is 5.31. The van der Waals surface area contributed by atoms with Crippen LogP contribution in [0.4, 0.5) is 0 Å². The molecule has 94 valence electrons. The minimum atomic E-state index is -1.08. The molecule has 1 aromatic heterocycles. The van der Waals surface area contributed by atoms with Crippen LogP contribution >= 0.6 is 0 Å². The summed E-state index contributed by atoms with van der Waals surface area (Å²) in [5, 5.41) is 17.6. The van der Waals surface area contributed by atoms with Crippen LogP contribution in [0.15, 0.2) is 6.07 Å². The van der Waals surface area contributed by atoms with Crippen molar-refractivity contribution in [2.45, 2.75) is 39.2 Å². The van der Waals surface area contributed by atoms with Gasteiger partial charge in [-0.25, -0.2) is 0 Å². The Morgan fingerprint density at radius 3 is 2.47 bits per heavy atom. The van der Waals surface area contributed by atoms with E-state index in [0.29, 0.717) is 0 Å². The lowest BCUT2D eigenvalue weighted by molar-refractivity contribution is -0.138. The van der Waals surface area contributed by atoms with E-state index >= 15 is 0 Å². The highest BCUT2D eigenvalue weighted by Gasteiger charge is 2.21. The molecule has 17 heavy (non-hydrogen) atoms. The van der Waals surface area contributed by atoms with Gasteiger partial charge in [0.1, 0.15) is 11.7 Å². The lowest BCUT2D eigenvalue weighted by Crippen LogP contribution is -2.38. The molecule has 1 heterocycles. The number of rotatable bonds is 3. The molecule has 0 unspecified atom stereocenters. The zero-order chi connectivity index (χ0) is 13.2. The van der Waals surface area contributed by atoms with E-state index in [0.717, 1.165) is 5.69 Å². The summed E-state index contributed by atoms with van der Waals surface area (Å²) in [7, 11) is 0. The molecule has 0 bridgehead atoms. The van der Waals surface area contributed by atoms with Crippen LogP contribution in [0.1, 0.15) is 43.9 Å². The Balaban J connectivity index is 2.78. The zero-order valence-electron chi connectivity index (χ0n) is 10.4. The number of aromatic amines is 1. The largest absolute Gasteiger partial charge is 0.480 e. The summed E-state index contributed by atoms with van der Waals surface area (Å²) in [6.45, 7) is 7.36. The van der Waals surface area contributed by atoms with Crippen molar-refractivity contribution in [1.82, 2.24) is 15.5 Å². The number of carboxylic acid groups (broad SMARTS) is 1. The molecule has 0 aliphatic carbocycles. The molecular formula is C11H17N3O3. The molecule has 0 aliphatic rings. The monoisotopic (exact) mass is 239 g/mol. The Kier molecular flexibility index (Phi) is 3.55. The van der Waals surface area contributed by atoms with E-state index in [1.807, 2.05) is 20.8 Å². The summed E-state index contributed by atoms with van der Waals surface area (Å²) in [6, 6.07) is 0.696. The highest BCUT2D eigenvalue weighted by Crippen LogP contribution is 2.20. The van der Waals surface area contributed by atoms with Crippen LogP contribution in [0.5, 0.6) is 0 Å². The van der Waals surface area contributed by atoms with Crippen LogP contribution in [0, 0.1) is 0 Å². The second kappa shape index (κ2) is 4.57. The number of nitrogens with one attached hydrogen (secondary N) is 2. The van der Waals surface area contributed by atoms with Crippen LogP contribution in [-0.2, 0) is 10.2 Å². The fraction of sp³-hybridized carbons (Fsp3) is 0.545. The number of H-pyrrole nitrogens is 1. The molecule has 3 N–H and O–H groups in total. The average molecular weight is 239 g/mol. The van der Waals surface area contributed by atoms with Crippen molar-refractivity contribution < 1.29 is 14.7 Å². The van der Waals surface area contributed by atoms with Crippen molar-refractivity contribution in [1.29, 1.82) is 0 Å². The third-order valence-electron chi connectivity index (χ3n) is 2.34. The molecule has 0 spiro atoms. The van der Waals surface area contributed by atoms with Crippen LogP contribution in [0.2, 0.25) is 0 Å². The smallest absolute Gasteiger partial charge is 0.325 e. The fourth-order valence-electron chi connectivity index (χ4n) is 1.15. The van der Waals surface area contributed by atoms with Crippen molar-refractivity contribution >= 4 is 11.9 Å². The third-order valence-corrected chi connectivity index (χ3v) is 2.34. The lowest BCUT2D eigenvalue weighted by Gasteiger charge is -2.14. The van der Waals surface area contributed by atoms with Gasteiger partial charge in [-0.05, 0) is 13.0 Å². The van der Waals surface area contributed by atoms with Gasteiger partial charge in [-0.3, -0.25) is 14.7 Å². The van der Waals surface area contributed by atoms with Crippen LogP contribution < -0.4 is 5.32 Å². The highest BCUT2D eigenvalue weighted by molar-refractivity contribution is 5.94. The normalized spacial score (nSPS) is 13.2. The maximum absolute atomic E-state index is 11.6. The minimum Gasteiger partial charge on any atom is -0.480 e. The van der Waals surface area contributed by atoms with E-state index in [-0.39, 0.29) is 11.1 Å². The molecule has 0 saturated carbocycles. The quantitative estimate of drug-likeness (QED) is 0.730. The maximum Gasteiger partial charge on any atom is 0.325 e. The number of aliphatic carboxylic acids is 1. The second-order valence-electron chi connectivity index (χ2n) is 4.95. The van der Waals surface area contributed by atoms with E-state index in [1.54, 1.807) is 6.07 Å². The first-order chi connectivity index (χ1) is 7.71. The summed E-state index contributed by atoms with van der Waals surface area (Å²) < 4.78 is 0. The van der Waals surface area contributed by atoms with Gasteiger partial charge in [0, 0.05) is 11.1 Å². The van der Waals surface area contributed by atoms with Crippen LogP contribution in [0.3, 0.4) is 0 Å². The fourth-order valence-corrected chi connectivity index (χ4v) is 1.15. The highest BCUT2D eigenvalue weighted by atomic mass is 16.4. The molecule has 0 radical (unpaired) electrons. The summed E-state index contributed by atoms with van der Waals surface area (Å²) in [5.74, 6) is -1.57. The van der Waals surface area contributed by atoms with Gasteiger partial charge in [-0.15, -0.1) is 0 Å². The summed E-state index contributed by atoms with van der Waals surface area (Å²) >= 11 is 0. The van der Waals surface area contributed by atoms with Crippen molar-refractivity contribution in [3.05, 3.63) is 17.5 Å². The van der Waals surface area contributed by atoms with E-state index in [9.17, 15) is 9.59 Å². The minimum absolute atomic E-state index is 0.135. The first kappa shape index (κ1) is 13.2. The van der Waals surface area contributed by atoms with Gasteiger partial charge < -0.3 is 10.4 Å². The van der Waals surface area contributed by atoms with Gasteiger partial charge in [-0.2, -0.15) is 5.10 Å². The predicted octanol–water partition coefficient (Wildman–Crippen LogP) is 0.910. The first-order valence-corrected chi connectivity index (χ1v) is 5.31. The van der Waals surface area contributed by atoms with E-state index in [1.165, 1.54) is 6.92 Å². The third kappa shape index (κ3) is 3.30. The number of carbonyl (C=O) groups is 2. The molecule has 6 heteroatoms. The van der Waals surface area contributed by atoms with Gasteiger partial charge in [0.2, 0.25) is 0 Å². The van der Waals surface area contributed by atoms with Crippen LogP contribution in [-0.4, -0.2) is 33.2 Å². The topological polar surface area (TPSA) is 95.1 Å². The van der Waals surface area contributed by atoms with Crippen molar-refractivity contribution in [3.63, 3.8) is 0 Å². The van der Waals surface area contributed by atoms with E-state index in [4.69, 9.17) is 5.11 Å². The van der Waals surface area contributed by atoms with Gasteiger partial charge >= 0.3 is 5.97 Å². The molecule has 0 saturated heterocycles. The standard InChI is InChI=1S/C11H17N3O3/c1-6(10(16)17)12-9(15)7-5-8(14-13-7)11(2,3)4/h5-6H,1-4H3,(H,12,15)(H,13,14)(H,16,17)/t6-/m0/s1. The predicted molar refractivity (Wildman–Crippen MR) is 61.9 cm³/mol. The number of carboxylic acids is 1. The van der Waals surface area contributed by atoms with Crippen molar-refractivity contribution in [3.8, 4) is 0 Å². The Labute approximate surface area is 99.4 Å². The molecule has 0 fully saturated rings. The Hall–Kier alpha value is -1.85. The van der Waals surface area contributed by atoms with Gasteiger partial charge in [0.25, 0.3) is 5.91 Å². The number of carbonyl (C=O) groups excluding carboxylic acids is 1. The number of aromatic nitrogens is 2. The lowest BCUT2D eigenvalue weighted by atomic mass is 9.92. The number of amides is 1.